The van der Waals surface area contributed by atoms with Gasteiger partial charge in [0.05, 0.1) is 5.60 Å². The third-order valence-electron chi connectivity index (χ3n) is 3.67. The summed E-state index contributed by atoms with van der Waals surface area (Å²) in [6.45, 7) is 7.04. The maximum absolute atomic E-state index is 10.0. The Labute approximate surface area is 116 Å². The van der Waals surface area contributed by atoms with Gasteiger partial charge in [0.1, 0.15) is 12.4 Å². The molecule has 1 fully saturated rings. The molecule has 0 saturated heterocycles. The van der Waals surface area contributed by atoms with Crippen LogP contribution in [0.2, 0.25) is 0 Å². The molecule has 0 aromatic heterocycles. The highest BCUT2D eigenvalue weighted by molar-refractivity contribution is 5.37. The van der Waals surface area contributed by atoms with Crippen LogP contribution in [0.1, 0.15) is 44.2 Å². The van der Waals surface area contributed by atoms with E-state index in [9.17, 15) is 5.11 Å². The first-order valence-corrected chi connectivity index (χ1v) is 7.18. The van der Waals surface area contributed by atoms with Crippen molar-refractivity contribution >= 4 is 0 Å². The molecule has 0 amide bonds. The van der Waals surface area contributed by atoms with E-state index >= 15 is 0 Å². The van der Waals surface area contributed by atoms with Gasteiger partial charge in [0.15, 0.2) is 0 Å². The van der Waals surface area contributed by atoms with Crippen LogP contribution in [0.4, 0.5) is 0 Å². The van der Waals surface area contributed by atoms with Crippen LogP contribution in [-0.2, 0) is 6.54 Å². The molecule has 2 rings (SSSR count). The van der Waals surface area contributed by atoms with Gasteiger partial charge >= 0.3 is 0 Å². The summed E-state index contributed by atoms with van der Waals surface area (Å²) in [5.74, 6) is 0.882. The SMILES string of the molecule is CCC(C)(O)COc1ccc(C)cc1CNC1CC1. The van der Waals surface area contributed by atoms with Crippen LogP contribution in [0.25, 0.3) is 0 Å². The van der Waals surface area contributed by atoms with E-state index in [1.807, 2.05) is 19.9 Å². The summed E-state index contributed by atoms with van der Waals surface area (Å²) in [6.07, 6.45) is 3.26. The first-order valence-electron chi connectivity index (χ1n) is 7.18. The van der Waals surface area contributed by atoms with Crippen LogP contribution in [0.15, 0.2) is 18.2 Å². The molecule has 0 heterocycles. The molecule has 1 aromatic carbocycles. The van der Waals surface area contributed by atoms with Crippen molar-refractivity contribution in [3.8, 4) is 5.75 Å². The molecule has 1 aliphatic rings. The topological polar surface area (TPSA) is 41.5 Å². The second-order valence-corrected chi connectivity index (χ2v) is 5.91. The van der Waals surface area contributed by atoms with Crippen LogP contribution < -0.4 is 10.1 Å². The first-order chi connectivity index (χ1) is 9.00. The molecule has 0 spiro atoms. The quantitative estimate of drug-likeness (QED) is 0.795. The Hall–Kier alpha value is -1.06. The summed E-state index contributed by atoms with van der Waals surface area (Å²) in [6, 6.07) is 6.90. The van der Waals surface area contributed by atoms with Gasteiger partial charge in [-0.15, -0.1) is 0 Å². The van der Waals surface area contributed by atoms with Crippen LogP contribution >= 0.6 is 0 Å². The fourth-order valence-electron chi connectivity index (χ4n) is 1.86. The average molecular weight is 263 g/mol. The lowest BCUT2D eigenvalue weighted by Crippen LogP contribution is -2.31. The molecular formula is C16H25NO2. The minimum Gasteiger partial charge on any atom is -0.490 e. The Morgan fingerprint density at radius 1 is 1.42 bits per heavy atom. The van der Waals surface area contributed by atoms with Crippen molar-refractivity contribution in [2.45, 2.75) is 58.2 Å². The summed E-state index contributed by atoms with van der Waals surface area (Å²) in [4.78, 5) is 0. The van der Waals surface area contributed by atoms with Gasteiger partial charge in [0, 0.05) is 18.2 Å². The molecule has 2 N–H and O–H groups in total. The predicted octanol–water partition coefficient (Wildman–Crippen LogP) is 2.79. The lowest BCUT2D eigenvalue weighted by atomic mass is 10.1. The number of ether oxygens (including phenoxy) is 1. The maximum Gasteiger partial charge on any atom is 0.123 e. The smallest absolute Gasteiger partial charge is 0.123 e. The Balaban J connectivity index is 2.00. The van der Waals surface area contributed by atoms with Crippen molar-refractivity contribution < 1.29 is 9.84 Å². The summed E-state index contributed by atoms with van der Waals surface area (Å²) in [5, 5.41) is 13.5. The van der Waals surface area contributed by atoms with Crippen LogP contribution in [0.3, 0.4) is 0 Å². The number of rotatable bonds is 7. The maximum atomic E-state index is 10.0. The van der Waals surface area contributed by atoms with Crippen LogP contribution in [0, 0.1) is 6.92 Å². The zero-order valence-electron chi connectivity index (χ0n) is 12.2. The van der Waals surface area contributed by atoms with E-state index in [0.29, 0.717) is 19.1 Å². The number of aliphatic hydroxyl groups is 1. The normalized spacial score (nSPS) is 18.1. The van der Waals surface area contributed by atoms with Gasteiger partial charge in [-0.3, -0.25) is 0 Å². The third-order valence-corrected chi connectivity index (χ3v) is 3.67. The minimum atomic E-state index is -0.758. The number of aryl methyl sites for hydroxylation is 1. The highest BCUT2D eigenvalue weighted by Gasteiger charge is 2.22. The van der Waals surface area contributed by atoms with E-state index in [1.165, 1.54) is 24.0 Å². The lowest BCUT2D eigenvalue weighted by molar-refractivity contribution is 0.00815. The molecule has 3 nitrogen and oxygen atoms in total. The van der Waals surface area contributed by atoms with Gasteiger partial charge in [-0.2, -0.15) is 0 Å². The molecule has 0 bridgehead atoms. The van der Waals surface area contributed by atoms with Crippen molar-refractivity contribution in [1.82, 2.24) is 5.32 Å². The molecule has 1 unspecified atom stereocenters. The summed E-state index contributed by atoms with van der Waals surface area (Å²) >= 11 is 0. The third kappa shape index (κ3) is 4.51. The van der Waals surface area contributed by atoms with Gasteiger partial charge in [-0.05, 0) is 39.2 Å². The Morgan fingerprint density at radius 3 is 2.79 bits per heavy atom. The van der Waals surface area contributed by atoms with E-state index in [0.717, 1.165) is 12.3 Å². The molecule has 0 radical (unpaired) electrons. The van der Waals surface area contributed by atoms with E-state index in [1.54, 1.807) is 0 Å². The molecule has 1 atom stereocenters. The van der Waals surface area contributed by atoms with Crippen LogP contribution in [-0.4, -0.2) is 23.4 Å². The zero-order chi connectivity index (χ0) is 13.9. The molecule has 1 aromatic rings. The summed E-state index contributed by atoms with van der Waals surface area (Å²) in [5.41, 5.74) is 1.66. The van der Waals surface area contributed by atoms with E-state index in [2.05, 4.69) is 24.4 Å². The standard InChI is InChI=1S/C16H25NO2/c1-4-16(3,18)11-19-15-8-5-12(2)9-13(15)10-17-14-6-7-14/h5,8-9,14,17-18H,4,6-7,10-11H2,1-3H3. The molecular weight excluding hydrogens is 238 g/mol. The first kappa shape index (κ1) is 14.4. The van der Waals surface area contributed by atoms with E-state index < -0.39 is 5.60 Å². The lowest BCUT2D eigenvalue weighted by Gasteiger charge is -2.22. The number of benzene rings is 1. The van der Waals surface area contributed by atoms with Gasteiger partial charge in [-0.1, -0.05) is 24.6 Å². The second kappa shape index (κ2) is 5.93. The van der Waals surface area contributed by atoms with Crippen molar-refractivity contribution in [3.63, 3.8) is 0 Å². The predicted molar refractivity (Wildman–Crippen MR) is 77.5 cm³/mol. The second-order valence-electron chi connectivity index (χ2n) is 5.91. The molecule has 106 valence electrons. The fourth-order valence-corrected chi connectivity index (χ4v) is 1.86. The van der Waals surface area contributed by atoms with Crippen molar-refractivity contribution in [2.75, 3.05) is 6.61 Å². The fraction of sp³-hybridized carbons (Fsp3) is 0.625. The largest absolute Gasteiger partial charge is 0.490 e. The minimum absolute atomic E-state index is 0.336. The molecule has 1 aliphatic carbocycles. The Bertz CT molecular complexity index is 425. The zero-order valence-corrected chi connectivity index (χ0v) is 12.2. The summed E-state index contributed by atoms with van der Waals surface area (Å²) < 4.78 is 5.81. The van der Waals surface area contributed by atoms with E-state index in [4.69, 9.17) is 4.74 Å². The van der Waals surface area contributed by atoms with E-state index in [-0.39, 0.29) is 0 Å². The van der Waals surface area contributed by atoms with Gasteiger partial charge in [-0.25, -0.2) is 0 Å². The van der Waals surface area contributed by atoms with Crippen LogP contribution in [0.5, 0.6) is 5.75 Å². The number of nitrogens with one attached hydrogen (secondary N) is 1. The van der Waals surface area contributed by atoms with Gasteiger partial charge < -0.3 is 15.2 Å². The molecule has 1 saturated carbocycles. The van der Waals surface area contributed by atoms with Gasteiger partial charge in [0.25, 0.3) is 0 Å². The molecule has 3 heteroatoms. The Kier molecular flexibility index (Phi) is 4.48. The van der Waals surface area contributed by atoms with Crippen molar-refractivity contribution in [1.29, 1.82) is 0 Å². The van der Waals surface area contributed by atoms with Crippen molar-refractivity contribution in [2.24, 2.45) is 0 Å². The number of hydrogen-bond acceptors (Lipinski definition) is 3. The average Bonchev–Trinajstić information content (AvgIpc) is 3.19. The molecule has 19 heavy (non-hydrogen) atoms. The monoisotopic (exact) mass is 263 g/mol. The highest BCUT2D eigenvalue weighted by atomic mass is 16.5. The number of hydrogen-bond donors (Lipinski definition) is 2. The van der Waals surface area contributed by atoms with Crippen molar-refractivity contribution in [3.05, 3.63) is 29.3 Å². The summed E-state index contributed by atoms with van der Waals surface area (Å²) in [7, 11) is 0. The Morgan fingerprint density at radius 2 is 2.16 bits per heavy atom. The highest BCUT2D eigenvalue weighted by Crippen LogP contribution is 2.24. The molecule has 0 aliphatic heterocycles. The van der Waals surface area contributed by atoms with Gasteiger partial charge in [0.2, 0.25) is 0 Å².